The molecular weight excluding hydrogens is 196 g/mol. The molecule has 0 unspecified atom stereocenters. The molecule has 0 radical (unpaired) electrons. The lowest BCUT2D eigenvalue weighted by Crippen LogP contribution is -1.82. The van der Waals surface area contributed by atoms with E-state index in [0.717, 1.165) is 37.5 Å². The van der Waals surface area contributed by atoms with Gasteiger partial charge in [-0.1, -0.05) is 28.9 Å². The fourth-order valence-corrected chi connectivity index (χ4v) is 1.40. The molecule has 0 aromatic carbocycles. The van der Waals surface area contributed by atoms with E-state index in [4.69, 9.17) is 0 Å². The highest BCUT2D eigenvalue weighted by atomic mass is 16.1. The van der Waals surface area contributed by atoms with Gasteiger partial charge < -0.3 is 0 Å². The molecule has 0 aliphatic carbocycles. The summed E-state index contributed by atoms with van der Waals surface area (Å²) in [5.41, 5.74) is 3.96. The largest absolute Gasteiger partial charge is 0.299 e. The SMILES string of the molecule is CC(C)=CCC/C=C(\C)CC/C(C)=C/C=O. The number of aldehydes is 1. The topological polar surface area (TPSA) is 17.1 Å². The van der Waals surface area contributed by atoms with Crippen molar-refractivity contribution in [3.63, 3.8) is 0 Å². The van der Waals surface area contributed by atoms with Gasteiger partial charge >= 0.3 is 0 Å². The fourth-order valence-electron chi connectivity index (χ4n) is 1.40. The van der Waals surface area contributed by atoms with E-state index in [2.05, 4.69) is 32.9 Å². The van der Waals surface area contributed by atoms with Crippen molar-refractivity contribution < 1.29 is 4.79 Å². The molecule has 0 aliphatic rings. The normalized spacial score (nSPS) is 12.5. The second-order valence-electron chi connectivity index (χ2n) is 4.56. The molecule has 0 rings (SSSR count). The molecule has 90 valence electrons. The number of rotatable bonds is 7. The summed E-state index contributed by atoms with van der Waals surface area (Å²) in [6.07, 6.45) is 11.4. The maximum absolute atomic E-state index is 10.2. The van der Waals surface area contributed by atoms with Crippen LogP contribution in [0, 0.1) is 0 Å². The zero-order valence-electron chi connectivity index (χ0n) is 11.0. The van der Waals surface area contributed by atoms with Gasteiger partial charge in [0.1, 0.15) is 6.29 Å². The summed E-state index contributed by atoms with van der Waals surface area (Å²) in [7, 11) is 0. The van der Waals surface area contributed by atoms with E-state index in [0.29, 0.717) is 0 Å². The Labute approximate surface area is 99.9 Å². The summed E-state index contributed by atoms with van der Waals surface area (Å²) in [5.74, 6) is 0. The minimum absolute atomic E-state index is 0.864. The number of hydrogen-bond donors (Lipinski definition) is 0. The van der Waals surface area contributed by atoms with Crippen LogP contribution in [-0.2, 0) is 4.79 Å². The molecule has 0 heterocycles. The van der Waals surface area contributed by atoms with Gasteiger partial charge in [-0.15, -0.1) is 0 Å². The smallest absolute Gasteiger partial charge is 0.142 e. The van der Waals surface area contributed by atoms with Crippen molar-refractivity contribution >= 4 is 6.29 Å². The summed E-state index contributed by atoms with van der Waals surface area (Å²) >= 11 is 0. The predicted molar refractivity (Wildman–Crippen MR) is 71.5 cm³/mol. The first-order valence-corrected chi connectivity index (χ1v) is 5.96. The van der Waals surface area contributed by atoms with E-state index >= 15 is 0 Å². The number of unbranched alkanes of at least 4 members (excludes halogenated alkanes) is 1. The molecule has 1 nitrogen and oxygen atoms in total. The zero-order chi connectivity index (χ0) is 12.4. The molecule has 0 N–H and O–H groups in total. The van der Waals surface area contributed by atoms with Gasteiger partial charge in [0, 0.05) is 0 Å². The lowest BCUT2D eigenvalue weighted by molar-refractivity contribution is -0.104. The molecule has 0 aromatic rings. The molecule has 1 heteroatoms. The molecule has 0 saturated heterocycles. The minimum atomic E-state index is 0.864. The van der Waals surface area contributed by atoms with Crippen LogP contribution in [0.25, 0.3) is 0 Å². The minimum Gasteiger partial charge on any atom is -0.299 e. The summed E-state index contributed by atoms with van der Waals surface area (Å²) in [5, 5.41) is 0. The highest BCUT2D eigenvalue weighted by Crippen LogP contribution is 2.11. The Morgan fingerprint density at radius 2 is 1.44 bits per heavy atom. The number of carbonyl (C=O) groups excluding carboxylic acids is 1. The Balaban J connectivity index is 3.84. The van der Waals surface area contributed by atoms with E-state index < -0.39 is 0 Å². The van der Waals surface area contributed by atoms with Crippen molar-refractivity contribution in [3.8, 4) is 0 Å². The first kappa shape index (κ1) is 14.9. The van der Waals surface area contributed by atoms with Gasteiger partial charge in [0.15, 0.2) is 0 Å². The molecule has 0 aliphatic heterocycles. The molecule has 16 heavy (non-hydrogen) atoms. The average Bonchev–Trinajstić information content (AvgIpc) is 2.22. The molecule has 0 atom stereocenters. The van der Waals surface area contributed by atoms with Crippen LogP contribution in [-0.4, -0.2) is 6.29 Å². The Bertz CT molecular complexity index is 289. The van der Waals surface area contributed by atoms with E-state index in [1.165, 1.54) is 11.1 Å². The van der Waals surface area contributed by atoms with E-state index in [1.807, 2.05) is 6.92 Å². The van der Waals surface area contributed by atoms with Crippen molar-refractivity contribution in [2.24, 2.45) is 0 Å². The second-order valence-corrected chi connectivity index (χ2v) is 4.56. The van der Waals surface area contributed by atoms with Crippen molar-refractivity contribution in [1.82, 2.24) is 0 Å². The summed E-state index contributed by atoms with van der Waals surface area (Å²) < 4.78 is 0. The van der Waals surface area contributed by atoms with Crippen LogP contribution in [0.5, 0.6) is 0 Å². The van der Waals surface area contributed by atoms with Gasteiger partial charge in [-0.2, -0.15) is 0 Å². The molecule has 0 amide bonds. The van der Waals surface area contributed by atoms with Crippen LogP contribution in [0.3, 0.4) is 0 Å². The molecule has 0 saturated carbocycles. The standard InChI is InChI=1S/C15H24O/c1-13(2)7-5-6-8-14(3)9-10-15(4)11-12-16/h7-8,11-12H,5-6,9-10H2,1-4H3/b14-8+,15-11+. The van der Waals surface area contributed by atoms with Crippen LogP contribution < -0.4 is 0 Å². The second kappa shape index (κ2) is 9.14. The summed E-state index contributed by atoms with van der Waals surface area (Å²) in [6.45, 7) is 8.43. The third-order valence-electron chi connectivity index (χ3n) is 2.48. The first-order chi connectivity index (χ1) is 7.56. The Morgan fingerprint density at radius 1 is 0.875 bits per heavy atom. The van der Waals surface area contributed by atoms with E-state index in [-0.39, 0.29) is 0 Å². The monoisotopic (exact) mass is 220 g/mol. The molecule has 0 bridgehead atoms. The quantitative estimate of drug-likeness (QED) is 0.265. The van der Waals surface area contributed by atoms with Crippen LogP contribution in [0.15, 0.2) is 34.9 Å². The van der Waals surface area contributed by atoms with Crippen LogP contribution in [0.1, 0.15) is 53.4 Å². The van der Waals surface area contributed by atoms with Crippen LogP contribution >= 0.6 is 0 Å². The highest BCUT2D eigenvalue weighted by Gasteiger charge is 1.92. The maximum atomic E-state index is 10.2. The fraction of sp³-hybridized carbons (Fsp3) is 0.533. The van der Waals surface area contributed by atoms with Gasteiger partial charge in [0.2, 0.25) is 0 Å². The van der Waals surface area contributed by atoms with Gasteiger partial charge in [-0.3, -0.25) is 4.79 Å². The third-order valence-corrected chi connectivity index (χ3v) is 2.48. The summed E-state index contributed by atoms with van der Waals surface area (Å²) in [4.78, 5) is 10.2. The van der Waals surface area contributed by atoms with Crippen LogP contribution in [0.4, 0.5) is 0 Å². The van der Waals surface area contributed by atoms with Gasteiger partial charge in [-0.25, -0.2) is 0 Å². The Hall–Kier alpha value is -1.11. The number of carbonyl (C=O) groups is 1. The number of allylic oxidation sites excluding steroid dienone is 6. The molecule has 0 aromatic heterocycles. The predicted octanol–water partition coefficient (Wildman–Crippen LogP) is 4.60. The Morgan fingerprint density at radius 3 is 2.00 bits per heavy atom. The van der Waals surface area contributed by atoms with Gasteiger partial charge in [0.25, 0.3) is 0 Å². The van der Waals surface area contributed by atoms with Crippen molar-refractivity contribution in [2.45, 2.75) is 53.4 Å². The lowest BCUT2D eigenvalue weighted by Gasteiger charge is -2.01. The third kappa shape index (κ3) is 9.45. The molecular formula is C15H24O. The van der Waals surface area contributed by atoms with Gasteiger partial charge in [0.05, 0.1) is 0 Å². The highest BCUT2D eigenvalue weighted by molar-refractivity contribution is 5.65. The zero-order valence-corrected chi connectivity index (χ0v) is 11.0. The van der Waals surface area contributed by atoms with Gasteiger partial charge in [-0.05, 0) is 59.5 Å². The Kier molecular flexibility index (Phi) is 8.51. The first-order valence-electron chi connectivity index (χ1n) is 5.96. The van der Waals surface area contributed by atoms with E-state index in [9.17, 15) is 4.79 Å². The molecule has 0 fully saturated rings. The van der Waals surface area contributed by atoms with Crippen LogP contribution in [0.2, 0.25) is 0 Å². The molecule has 0 spiro atoms. The number of hydrogen-bond acceptors (Lipinski definition) is 1. The van der Waals surface area contributed by atoms with Crippen molar-refractivity contribution in [3.05, 3.63) is 34.9 Å². The summed E-state index contributed by atoms with van der Waals surface area (Å²) in [6, 6.07) is 0. The average molecular weight is 220 g/mol. The maximum Gasteiger partial charge on any atom is 0.142 e. The van der Waals surface area contributed by atoms with E-state index in [1.54, 1.807) is 6.08 Å². The lowest BCUT2D eigenvalue weighted by atomic mass is 10.1. The van der Waals surface area contributed by atoms with Crippen molar-refractivity contribution in [1.29, 1.82) is 0 Å². The van der Waals surface area contributed by atoms with Crippen molar-refractivity contribution in [2.75, 3.05) is 0 Å².